The van der Waals surface area contributed by atoms with E-state index >= 15 is 0 Å². The molecule has 0 amide bonds. The van der Waals surface area contributed by atoms with Crippen LogP contribution in [0.1, 0.15) is 31.2 Å². The van der Waals surface area contributed by atoms with Gasteiger partial charge in [0, 0.05) is 31.6 Å². The SMILES string of the molecule is CCc1nc(Cl)c(C)c(N(C)CC2CCCN2C)n1. The fourth-order valence-electron chi connectivity index (χ4n) is 2.66. The third-order valence-corrected chi connectivity index (χ3v) is 4.31. The molecule has 2 rings (SSSR count). The maximum absolute atomic E-state index is 6.20. The number of halogens is 1. The monoisotopic (exact) mass is 282 g/mol. The predicted octanol–water partition coefficient (Wildman–Crippen LogP) is 2.53. The van der Waals surface area contributed by atoms with Gasteiger partial charge < -0.3 is 9.80 Å². The Labute approximate surface area is 120 Å². The van der Waals surface area contributed by atoms with Gasteiger partial charge in [0.2, 0.25) is 0 Å². The number of nitrogens with zero attached hydrogens (tertiary/aromatic N) is 4. The van der Waals surface area contributed by atoms with Crippen LogP contribution in [-0.2, 0) is 6.42 Å². The Hall–Kier alpha value is -0.870. The normalized spacial score (nSPS) is 19.9. The second-order valence-electron chi connectivity index (χ2n) is 5.39. The van der Waals surface area contributed by atoms with Crippen LogP contribution in [-0.4, -0.2) is 48.1 Å². The molecule has 19 heavy (non-hydrogen) atoms. The van der Waals surface area contributed by atoms with E-state index in [2.05, 4.69) is 40.8 Å². The van der Waals surface area contributed by atoms with Gasteiger partial charge in [-0.15, -0.1) is 0 Å². The first-order valence-corrected chi connectivity index (χ1v) is 7.35. The summed E-state index contributed by atoms with van der Waals surface area (Å²) in [6.45, 7) is 6.23. The van der Waals surface area contributed by atoms with Gasteiger partial charge in [0.05, 0.1) is 0 Å². The van der Waals surface area contributed by atoms with Gasteiger partial charge in [-0.1, -0.05) is 18.5 Å². The Morgan fingerprint density at radius 2 is 2.16 bits per heavy atom. The van der Waals surface area contributed by atoms with E-state index < -0.39 is 0 Å². The molecule has 0 bridgehead atoms. The summed E-state index contributed by atoms with van der Waals surface area (Å²) in [5.41, 5.74) is 0.974. The number of anilines is 1. The minimum Gasteiger partial charge on any atom is -0.358 e. The first-order valence-electron chi connectivity index (χ1n) is 6.97. The predicted molar refractivity (Wildman–Crippen MR) is 80.1 cm³/mol. The lowest BCUT2D eigenvalue weighted by atomic mass is 10.2. The van der Waals surface area contributed by atoms with E-state index in [0.717, 1.165) is 30.2 Å². The molecule has 0 saturated carbocycles. The smallest absolute Gasteiger partial charge is 0.137 e. The van der Waals surface area contributed by atoms with Crippen LogP contribution in [0.2, 0.25) is 5.15 Å². The molecule has 1 aromatic heterocycles. The van der Waals surface area contributed by atoms with Crippen LogP contribution >= 0.6 is 11.6 Å². The van der Waals surface area contributed by atoms with Crippen LogP contribution in [0.25, 0.3) is 0 Å². The molecule has 5 heteroatoms. The number of aromatic nitrogens is 2. The van der Waals surface area contributed by atoms with E-state index in [0.29, 0.717) is 11.2 Å². The van der Waals surface area contributed by atoms with Crippen LogP contribution in [0.3, 0.4) is 0 Å². The number of hydrogen-bond acceptors (Lipinski definition) is 4. The van der Waals surface area contributed by atoms with Crippen LogP contribution in [0, 0.1) is 6.92 Å². The maximum Gasteiger partial charge on any atom is 0.137 e. The lowest BCUT2D eigenvalue weighted by Gasteiger charge is -2.27. The molecule has 0 N–H and O–H groups in total. The minimum atomic E-state index is 0.577. The molecule has 1 saturated heterocycles. The van der Waals surface area contributed by atoms with Gasteiger partial charge >= 0.3 is 0 Å². The van der Waals surface area contributed by atoms with Crippen molar-refractivity contribution in [3.05, 3.63) is 16.5 Å². The van der Waals surface area contributed by atoms with Gasteiger partial charge in [-0.3, -0.25) is 0 Å². The molecule has 4 nitrogen and oxygen atoms in total. The summed E-state index contributed by atoms with van der Waals surface area (Å²) in [6.07, 6.45) is 3.36. The summed E-state index contributed by atoms with van der Waals surface area (Å²) in [5, 5.41) is 0.577. The molecule has 0 spiro atoms. The zero-order valence-corrected chi connectivity index (χ0v) is 13.0. The molecule has 1 fully saturated rings. The van der Waals surface area contributed by atoms with E-state index in [9.17, 15) is 0 Å². The topological polar surface area (TPSA) is 32.3 Å². The number of hydrogen-bond donors (Lipinski definition) is 0. The summed E-state index contributed by atoms with van der Waals surface area (Å²) in [4.78, 5) is 13.6. The fourth-order valence-corrected chi connectivity index (χ4v) is 2.84. The van der Waals surface area contributed by atoms with E-state index in [4.69, 9.17) is 11.6 Å². The van der Waals surface area contributed by atoms with Gasteiger partial charge in [-0.2, -0.15) is 0 Å². The van der Waals surface area contributed by atoms with Crippen molar-refractivity contribution >= 4 is 17.4 Å². The molecular weight excluding hydrogens is 260 g/mol. The lowest BCUT2D eigenvalue weighted by Crippen LogP contribution is -2.37. The van der Waals surface area contributed by atoms with Crippen molar-refractivity contribution in [2.45, 2.75) is 39.2 Å². The fraction of sp³-hybridized carbons (Fsp3) is 0.714. The molecular formula is C14H23ClN4. The van der Waals surface area contributed by atoms with Crippen LogP contribution in [0.5, 0.6) is 0 Å². The Morgan fingerprint density at radius 3 is 2.74 bits per heavy atom. The zero-order valence-electron chi connectivity index (χ0n) is 12.3. The van der Waals surface area contributed by atoms with Crippen molar-refractivity contribution in [1.29, 1.82) is 0 Å². The summed E-state index contributed by atoms with van der Waals surface area (Å²) in [6, 6.07) is 0.614. The van der Waals surface area contributed by atoms with Crippen LogP contribution in [0.15, 0.2) is 0 Å². The number of likely N-dealkylation sites (tertiary alicyclic amines) is 1. The molecule has 1 aliphatic rings. The Balaban J connectivity index is 2.18. The van der Waals surface area contributed by atoms with Crippen molar-refractivity contribution in [2.24, 2.45) is 0 Å². The summed E-state index contributed by atoms with van der Waals surface area (Å²) in [5.74, 6) is 1.79. The van der Waals surface area contributed by atoms with E-state index in [1.165, 1.54) is 19.4 Å². The second kappa shape index (κ2) is 6.06. The van der Waals surface area contributed by atoms with Crippen molar-refractivity contribution in [3.8, 4) is 0 Å². The highest BCUT2D eigenvalue weighted by Crippen LogP contribution is 2.24. The van der Waals surface area contributed by atoms with Crippen LogP contribution in [0.4, 0.5) is 5.82 Å². The standard InChI is InChI=1S/C14H23ClN4/c1-5-12-16-13(15)10(2)14(17-12)19(4)9-11-7-6-8-18(11)3/h11H,5-9H2,1-4H3. The Kier molecular flexibility index (Phi) is 4.63. The first-order chi connectivity index (χ1) is 9.02. The molecule has 0 aromatic carbocycles. The maximum atomic E-state index is 6.20. The third kappa shape index (κ3) is 3.18. The van der Waals surface area contributed by atoms with Crippen molar-refractivity contribution in [2.75, 3.05) is 32.1 Å². The summed E-state index contributed by atoms with van der Waals surface area (Å²) >= 11 is 6.20. The first kappa shape index (κ1) is 14.5. The molecule has 1 aliphatic heterocycles. The number of aryl methyl sites for hydroxylation is 1. The van der Waals surface area contributed by atoms with Crippen molar-refractivity contribution < 1.29 is 0 Å². The van der Waals surface area contributed by atoms with E-state index in [-0.39, 0.29) is 0 Å². The average Bonchev–Trinajstić information content (AvgIpc) is 2.78. The Morgan fingerprint density at radius 1 is 1.42 bits per heavy atom. The molecule has 1 aromatic rings. The average molecular weight is 283 g/mol. The molecule has 1 atom stereocenters. The second-order valence-corrected chi connectivity index (χ2v) is 5.75. The molecule has 0 radical (unpaired) electrons. The van der Waals surface area contributed by atoms with Crippen molar-refractivity contribution in [1.82, 2.24) is 14.9 Å². The van der Waals surface area contributed by atoms with E-state index in [1.54, 1.807) is 0 Å². The molecule has 1 unspecified atom stereocenters. The molecule has 2 heterocycles. The molecule has 0 aliphatic carbocycles. The van der Waals surface area contributed by atoms with Crippen molar-refractivity contribution in [3.63, 3.8) is 0 Å². The number of rotatable bonds is 4. The largest absolute Gasteiger partial charge is 0.358 e. The lowest BCUT2D eigenvalue weighted by molar-refractivity contribution is 0.314. The molecule has 106 valence electrons. The highest BCUT2D eigenvalue weighted by Gasteiger charge is 2.23. The van der Waals surface area contributed by atoms with Gasteiger partial charge in [0.15, 0.2) is 0 Å². The summed E-state index contributed by atoms with van der Waals surface area (Å²) in [7, 11) is 4.29. The third-order valence-electron chi connectivity index (χ3n) is 3.94. The van der Waals surface area contributed by atoms with Gasteiger partial charge in [0.1, 0.15) is 16.8 Å². The zero-order chi connectivity index (χ0) is 14.0. The Bertz CT molecular complexity index is 449. The highest BCUT2D eigenvalue weighted by molar-refractivity contribution is 6.30. The van der Waals surface area contributed by atoms with Crippen LogP contribution < -0.4 is 4.90 Å². The minimum absolute atomic E-state index is 0.577. The van der Waals surface area contributed by atoms with E-state index in [1.807, 2.05) is 6.92 Å². The summed E-state index contributed by atoms with van der Waals surface area (Å²) < 4.78 is 0. The van der Waals surface area contributed by atoms with Gasteiger partial charge in [0.25, 0.3) is 0 Å². The van der Waals surface area contributed by atoms with Gasteiger partial charge in [-0.05, 0) is 33.4 Å². The highest BCUT2D eigenvalue weighted by atomic mass is 35.5. The quantitative estimate of drug-likeness (QED) is 0.795. The van der Waals surface area contributed by atoms with Gasteiger partial charge in [-0.25, -0.2) is 9.97 Å². The number of likely N-dealkylation sites (N-methyl/N-ethyl adjacent to an activating group) is 2.